The molecule has 0 saturated carbocycles. The first-order chi connectivity index (χ1) is 17.5. The van der Waals surface area contributed by atoms with Gasteiger partial charge in [-0.05, 0) is 61.6 Å². The number of piperidine rings is 1. The zero-order valence-corrected chi connectivity index (χ0v) is 20.3. The SMILES string of the molecule is Cc1cc2c(B(O)O)cccc2n1-c1nc2c(c(NCc3cccc(F)c3)n1)CN1CCCCC1C2. The molecule has 0 aliphatic carbocycles. The molecule has 2 aromatic carbocycles. The van der Waals surface area contributed by atoms with Crippen LogP contribution in [-0.2, 0) is 19.5 Å². The van der Waals surface area contributed by atoms with Crippen molar-refractivity contribution in [3.05, 3.63) is 76.9 Å². The number of fused-ring (bicyclic) bond motifs is 3. The molecular formula is C27H29BFN5O2. The molecule has 6 rings (SSSR count). The van der Waals surface area contributed by atoms with E-state index >= 15 is 0 Å². The molecule has 0 spiro atoms. The van der Waals surface area contributed by atoms with Crippen molar-refractivity contribution < 1.29 is 14.4 Å². The van der Waals surface area contributed by atoms with Crippen LogP contribution in [-0.4, -0.2) is 49.2 Å². The zero-order valence-electron chi connectivity index (χ0n) is 20.3. The summed E-state index contributed by atoms with van der Waals surface area (Å²) >= 11 is 0. The van der Waals surface area contributed by atoms with E-state index in [-0.39, 0.29) is 5.82 Å². The fourth-order valence-corrected chi connectivity index (χ4v) is 5.73. The van der Waals surface area contributed by atoms with Crippen LogP contribution in [0.5, 0.6) is 0 Å². The molecule has 0 radical (unpaired) electrons. The third-order valence-electron chi connectivity index (χ3n) is 7.51. The average molecular weight is 485 g/mol. The standard InChI is InChI=1S/C27H29BFN5O2/c1-17-12-21-23(28(35)36)9-5-10-25(21)34(17)27-31-24-14-20-8-2-3-11-33(20)16-22(24)26(32-27)30-15-18-6-4-7-19(29)13-18/h4-7,9-10,12-13,20,35-36H,2-3,8,11,14-16H2,1H3,(H,30,31,32). The third-order valence-corrected chi connectivity index (χ3v) is 7.51. The lowest BCUT2D eigenvalue weighted by Crippen LogP contribution is -2.44. The van der Waals surface area contributed by atoms with Crippen LogP contribution in [0.2, 0.25) is 0 Å². The number of aryl methyl sites for hydroxylation is 1. The Bertz CT molecular complexity index is 1440. The Morgan fingerprint density at radius 3 is 2.81 bits per heavy atom. The summed E-state index contributed by atoms with van der Waals surface area (Å²) in [5.41, 5.74) is 5.18. The first kappa shape index (κ1) is 23.2. The number of rotatable bonds is 5. The fraction of sp³-hybridized carbons (Fsp3) is 0.333. The lowest BCUT2D eigenvalue weighted by atomic mass is 9.78. The molecule has 3 N–H and O–H groups in total. The number of nitrogens with one attached hydrogen (secondary N) is 1. The monoisotopic (exact) mass is 485 g/mol. The molecule has 0 amide bonds. The Hall–Kier alpha value is -3.27. The van der Waals surface area contributed by atoms with Crippen LogP contribution in [0.15, 0.2) is 48.5 Å². The van der Waals surface area contributed by atoms with Gasteiger partial charge < -0.3 is 15.4 Å². The predicted octanol–water partition coefficient (Wildman–Crippen LogP) is 3.07. The van der Waals surface area contributed by atoms with Gasteiger partial charge in [-0.25, -0.2) is 9.37 Å². The Balaban J connectivity index is 1.46. The van der Waals surface area contributed by atoms with Crippen LogP contribution in [0.3, 0.4) is 0 Å². The molecule has 2 aliphatic rings. The Kier molecular flexibility index (Phi) is 5.99. The topological polar surface area (TPSA) is 86.4 Å². The van der Waals surface area contributed by atoms with Crippen molar-refractivity contribution in [2.75, 3.05) is 11.9 Å². The van der Waals surface area contributed by atoms with Crippen molar-refractivity contribution in [1.82, 2.24) is 19.4 Å². The van der Waals surface area contributed by atoms with Gasteiger partial charge in [0.2, 0.25) is 5.95 Å². The quantitative estimate of drug-likeness (QED) is 0.377. The van der Waals surface area contributed by atoms with Crippen molar-refractivity contribution in [1.29, 1.82) is 0 Å². The van der Waals surface area contributed by atoms with Gasteiger partial charge in [-0.3, -0.25) is 9.47 Å². The number of benzene rings is 2. The molecule has 9 heteroatoms. The summed E-state index contributed by atoms with van der Waals surface area (Å²) < 4.78 is 15.8. The van der Waals surface area contributed by atoms with Crippen molar-refractivity contribution in [2.24, 2.45) is 0 Å². The number of hydrogen-bond acceptors (Lipinski definition) is 6. The van der Waals surface area contributed by atoms with Gasteiger partial charge in [0.15, 0.2) is 0 Å². The molecule has 1 atom stereocenters. The zero-order chi connectivity index (χ0) is 24.8. The summed E-state index contributed by atoms with van der Waals surface area (Å²) in [6.45, 7) is 4.32. The van der Waals surface area contributed by atoms with E-state index in [2.05, 4.69) is 10.2 Å². The summed E-state index contributed by atoms with van der Waals surface area (Å²) in [6.07, 6.45) is 4.50. The summed E-state index contributed by atoms with van der Waals surface area (Å²) in [5.74, 6) is 1.06. The summed E-state index contributed by atoms with van der Waals surface area (Å²) in [6, 6.07) is 14.5. The first-order valence-electron chi connectivity index (χ1n) is 12.6. The van der Waals surface area contributed by atoms with Crippen LogP contribution in [0.1, 0.15) is 41.8 Å². The van der Waals surface area contributed by atoms with Crippen LogP contribution < -0.4 is 10.8 Å². The van der Waals surface area contributed by atoms with Gasteiger partial charge in [0, 0.05) is 42.2 Å². The van der Waals surface area contributed by atoms with Gasteiger partial charge in [-0.2, -0.15) is 4.98 Å². The minimum atomic E-state index is -1.56. The summed E-state index contributed by atoms with van der Waals surface area (Å²) in [5, 5.41) is 24.0. The third kappa shape index (κ3) is 4.17. The van der Waals surface area contributed by atoms with Gasteiger partial charge in [0.25, 0.3) is 0 Å². The molecule has 0 bridgehead atoms. The lowest BCUT2D eigenvalue weighted by Gasteiger charge is -2.40. The van der Waals surface area contributed by atoms with E-state index in [1.165, 1.54) is 31.4 Å². The van der Waals surface area contributed by atoms with Gasteiger partial charge >= 0.3 is 7.12 Å². The van der Waals surface area contributed by atoms with Crippen molar-refractivity contribution in [3.8, 4) is 5.95 Å². The van der Waals surface area contributed by atoms with Crippen molar-refractivity contribution >= 4 is 29.3 Å². The van der Waals surface area contributed by atoms with Gasteiger partial charge in [-0.1, -0.05) is 30.7 Å². The van der Waals surface area contributed by atoms with Crippen molar-refractivity contribution in [2.45, 2.75) is 51.7 Å². The Labute approximate surface area is 209 Å². The molecule has 1 fully saturated rings. The number of halogens is 1. The van der Waals surface area contributed by atoms with Gasteiger partial charge in [-0.15, -0.1) is 0 Å². The van der Waals surface area contributed by atoms with Gasteiger partial charge in [0.05, 0.1) is 11.2 Å². The lowest BCUT2D eigenvalue weighted by molar-refractivity contribution is 0.126. The number of anilines is 1. The smallest absolute Gasteiger partial charge is 0.423 e. The maximum absolute atomic E-state index is 13.8. The van der Waals surface area contributed by atoms with E-state index in [1.807, 2.05) is 35.8 Å². The number of hydrogen-bond donors (Lipinski definition) is 3. The highest BCUT2D eigenvalue weighted by atomic mass is 19.1. The number of nitrogens with zero attached hydrogens (tertiary/aromatic N) is 4. The predicted molar refractivity (Wildman–Crippen MR) is 139 cm³/mol. The first-order valence-corrected chi connectivity index (χ1v) is 12.6. The summed E-state index contributed by atoms with van der Waals surface area (Å²) in [7, 11) is -1.56. The molecule has 36 heavy (non-hydrogen) atoms. The minimum Gasteiger partial charge on any atom is -0.423 e. The van der Waals surface area contributed by atoms with E-state index in [1.54, 1.807) is 12.1 Å². The van der Waals surface area contributed by atoms with Gasteiger partial charge in [0.1, 0.15) is 11.6 Å². The molecule has 4 aromatic rings. The van der Waals surface area contributed by atoms with Crippen LogP contribution in [0, 0.1) is 12.7 Å². The average Bonchev–Trinajstić information content (AvgIpc) is 3.21. The highest BCUT2D eigenvalue weighted by Gasteiger charge is 2.32. The molecule has 184 valence electrons. The largest absolute Gasteiger partial charge is 0.489 e. The molecule has 2 aliphatic heterocycles. The molecule has 2 aromatic heterocycles. The maximum atomic E-state index is 13.8. The van der Waals surface area contributed by atoms with Crippen molar-refractivity contribution in [3.63, 3.8) is 0 Å². The van der Waals surface area contributed by atoms with Crippen LogP contribution in [0.25, 0.3) is 16.9 Å². The second kappa shape index (κ2) is 9.31. The molecule has 1 saturated heterocycles. The molecule has 1 unspecified atom stereocenters. The maximum Gasteiger partial charge on any atom is 0.489 e. The highest BCUT2D eigenvalue weighted by Crippen LogP contribution is 2.33. The number of aromatic nitrogens is 3. The second-order valence-electron chi connectivity index (χ2n) is 9.88. The molecular weight excluding hydrogens is 456 g/mol. The Morgan fingerprint density at radius 2 is 1.97 bits per heavy atom. The minimum absolute atomic E-state index is 0.257. The van der Waals surface area contributed by atoms with E-state index in [9.17, 15) is 14.4 Å². The highest BCUT2D eigenvalue weighted by molar-refractivity contribution is 6.61. The molecule has 4 heterocycles. The van der Waals surface area contributed by atoms with E-state index in [0.717, 1.165) is 58.7 Å². The fourth-order valence-electron chi connectivity index (χ4n) is 5.73. The Morgan fingerprint density at radius 1 is 1.11 bits per heavy atom. The van der Waals surface area contributed by atoms with E-state index < -0.39 is 7.12 Å². The van der Waals surface area contributed by atoms with E-state index in [4.69, 9.17) is 9.97 Å². The van der Waals surface area contributed by atoms with Crippen LogP contribution >= 0.6 is 0 Å². The normalized spacial score (nSPS) is 17.6. The van der Waals surface area contributed by atoms with E-state index in [0.29, 0.717) is 24.0 Å². The van der Waals surface area contributed by atoms with Crippen LogP contribution in [0.4, 0.5) is 10.2 Å². The summed E-state index contributed by atoms with van der Waals surface area (Å²) in [4.78, 5) is 12.6. The second-order valence-corrected chi connectivity index (χ2v) is 9.88. The molecule has 7 nitrogen and oxygen atoms in total.